The lowest BCUT2D eigenvalue weighted by Gasteiger charge is -2.29. The van der Waals surface area contributed by atoms with Crippen molar-refractivity contribution in [2.75, 3.05) is 52.5 Å². The molecule has 2 unspecified atom stereocenters. The van der Waals surface area contributed by atoms with E-state index in [1.807, 2.05) is 0 Å². The maximum atomic E-state index is 13.7. The smallest absolute Gasteiger partial charge is 0.129 e. The lowest BCUT2D eigenvalue weighted by Crippen LogP contribution is -2.40. The normalized spacial score (nSPS) is 24.9. The van der Waals surface area contributed by atoms with E-state index >= 15 is 0 Å². The van der Waals surface area contributed by atoms with Crippen molar-refractivity contribution < 1.29 is 18.6 Å². The maximum absolute atomic E-state index is 13.7. The fourth-order valence-electron chi connectivity index (χ4n) is 3.49. The lowest BCUT2D eigenvalue weighted by molar-refractivity contribution is 0.0308. The van der Waals surface area contributed by atoms with Crippen LogP contribution >= 0.6 is 0 Å². The van der Waals surface area contributed by atoms with Crippen LogP contribution in [0.2, 0.25) is 0 Å². The first kappa shape index (κ1) is 16.8. The van der Waals surface area contributed by atoms with Gasteiger partial charge in [0.05, 0.1) is 19.3 Å². The molecule has 2 fully saturated rings. The van der Waals surface area contributed by atoms with E-state index in [1.165, 1.54) is 0 Å². The molecule has 0 radical (unpaired) electrons. The fraction of sp³-hybridized carbons (Fsp3) is 0.647. The summed E-state index contributed by atoms with van der Waals surface area (Å²) in [6, 6.07) is 3.22. The molecule has 2 atom stereocenters. The van der Waals surface area contributed by atoms with Crippen LogP contribution in [-0.4, -0.2) is 67.4 Å². The number of likely N-dealkylation sites (tertiary alicyclic amines) is 1. The first-order valence-electron chi connectivity index (χ1n) is 8.27. The monoisotopic (exact) mass is 326 g/mol. The fourth-order valence-corrected chi connectivity index (χ4v) is 3.49. The molecule has 6 heteroatoms. The molecule has 3 rings (SSSR count). The molecule has 0 bridgehead atoms. The summed E-state index contributed by atoms with van der Waals surface area (Å²) in [7, 11) is 0. The Balaban J connectivity index is 1.50. The summed E-state index contributed by atoms with van der Waals surface area (Å²) < 4.78 is 32.3. The molecule has 2 aliphatic heterocycles. The highest BCUT2D eigenvalue weighted by molar-refractivity contribution is 5.21. The molecule has 23 heavy (non-hydrogen) atoms. The zero-order valence-corrected chi connectivity index (χ0v) is 13.3. The summed E-state index contributed by atoms with van der Waals surface area (Å²) in [5.74, 6) is -0.507. The third-order valence-corrected chi connectivity index (χ3v) is 4.74. The van der Waals surface area contributed by atoms with Crippen LogP contribution in [0.25, 0.3) is 0 Å². The van der Waals surface area contributed by atoms with Gasteiger partial charge >= 0.3 is 0 Å². The Morgan fingerprint density at radius 2 is 1.96 bits per heavy atom. The van der Waals surface area contributed by atoms with Gasteiger partial charge in [-0.25, -0.2) is 8.78 Å². The van der Waals surface area contributed by atoms with E-state index in [1.54, 1.807) is 0 Å². The Morgan fingerprint density at radius 1 is 1.17 bits per heavy atom. The lowest BCUT2D eigenvalue weighted by atomic mass is 10.1. The molecule has 0 spiro atoms. The molecule has 4 nitrogen and oxygen atoms in total. The van der Waals surface area contributed by atoms with Crippen LogP contribution in [0.3, 0.4) is 0 Å². The van der Waals surface area contributed by atoms with Crippen LogP contribution in [0.5, 0.6) is 0 Å². The van der Waals surface area contributed by atoms with Gasteiger partial charge in [0.1, 0.15) is 11.6 Å². The number of morpholine rings is 1. The predicted molar refractivity (Wildman–Crippen MR) is 83.1 cm³/mol. The van der Waals surface area contributed by atoms with Gasteiger partial charge in [-0.3, -0.25) is 4.90 Å². The van der Waals surface area contributed by atoms with Crippen molar-refractivity contribution in [3.63, 3.8) is 0 Å². The molecule has 1 aromatic carbocycles. The number of benzene rings is 1. The Kier molecular flexibility index (Phi) is 5.58. The molecule has 2 heterocycles. The first-order chi connectivity index (χ1) is 11.1. The van der Waals surface area contributed by atoms with Crippen LogP contribution in [0.15, 0.2) is 18.2 Å². The number of β-amino-alcohol motifs (C(OH)–C–C–N with tert-alkyl or cyclic N) is 1. The van der Waals surface area contributed by atoms with E-state index in [0.717, 1.165) is 70.6 Å². The Hall–Kier alpha value is -1.08. The van der Waals surface area contributed by atoms with Crippen LogP contribution in [0.4, 0.5) is 8.78 Å². The largest absolute Gasteiger partial charge is 0.387 e. The van der Waals surface area contributed by atoms with Crippen LogP contribution in [-0.2, 0) is 4.74 Å². The van der Waals surface area contributed by atoms with Crippen molar-refractivity contribution >= 4 is 0 Å². The minimum Gasteiger partial charge on any atom is -0.387 e. The summed E-state index contributed by atoms with van der Waals surface area (Å²) >= 11 is 0. The maximum Gasteiger partial charge on any atom is 0.129 e. The molecule has 0 saturated carbocycles. The number of halogens is 2. The number of nitrogens with zero attached hydrogens (tertiary/aromatic N) is 2. The van der Waals surface area contributed by atoms with Gasteiger partial charge in [0.25, 0.3) is 0 Å². The SMILES string of the molecule is OC(CN1CCC(CN2CCOCC2)C1)c1cc(F)ccc1F. The van der Waals surface area contributed by atoms with E-state index in [-0.39, 0.29) is 5.56 Å². The second-order valence-corrected chi connectivity index (χ2v) is 6.51. The second kappa shape index (κ2) is 7.66. The van der Waals surface area contributed by atoms with Crippen molar-refractivity contribution in [1.29, 1.82) is 0 Å². The highest BCUT2D eigenvalue weighted by Gasteiger charge is 2.27. The second-order valence-electron chi connectivity index (χ2n) is 6.51. The van der Waals surface area contributed by atoms with Gasteiger partial charge in [0.15, 0.2) is 0 Å². The molecular formula is C17H24F2N2O2. The predicted octanol–water partition coefficient (Wildman–Crippen LogP) is 1.65. The summed E-state index contributed by atoms with van der Waals surface area (Å²) in [5.41, 5.74) is 0.0432. The Morgan fingerprint density at radius 3 is 2.74 bits per heavy atom. The third-order valence-electron chi connectivity index (χ3n) is 4.74. The minimum absolute atomic E-state index is 0.0432. The Labute approximate surface area is 135 Å². The van der Waals surface area contributed by atoms with Gasteiger partial charge in [0.2, 0.25) is 0 Å². The molecule has 0 aromatic heterocycles. The average Bonchev–Trinajstić information content (AvgIpc) is 2.97. The molecule has 2 saturated heterocycles. The number of hydrogen-bond acceptors (Lipinski definition) is 4. The molecule has 0 amide bonds. The molecule has 1 aromatic rings. The van der Waals surface area contributed by atoms with E-state index < -0.39 is 17.7 Å². The van der Waals surface area contributed by atoms with Crippen molar-refractivity contribution in [1.82, 2.24) is 9.80 Å². The summed E-state index contributed by atoms with van der Waals surface area (Å²) in [6.07, 6.45) is 0.0863. The number of hydrogen-bond donors (Lipinski definition) is 1. The van der Waals surface area contributed by atoms with Gasteiger partial charge in [0, 0.05) is 38.3 Å². The molecule has 2 aliphatic rings. The van der Waals surface area contributed by atoms with Crippen molar-refractivity contribution in [3.8, 4) is 0 Å². The van der Waals surface area contributed by atoms with Gasteiger partial charge < -0.3 is 14.7 Å². The minimum atomic E-state index is -0.993. The van der Waals surface area contributed by atoms with E-state index in [2.05, 4.69) is 9.80 Å². The first-order valence-corrected chi connectivity index (χ1v) is 8.27. The van der Waals surface area contributed by atoms with Gasteiger partial charge in [-0.2, -0.15) is 0 Å². The third kappa shape index (κ3) is 4.47. The van der Waals surface area contributed by atoms with Crippen LogP contribution < -0.4 is 0 Å². The highest BCUT2D eigenvalue weighted by Crippen LogP contribution is 2.23. The van der Waals surface area contributed by atoms with E-state index in [4.69, 9.17) is 4.74 Å². The number of ether oxygens (including phenoxy) is 1. The molecule has 1 N–H and O–H groups in total. The van der Waals surface area contributed by atoms with E-state index in [9.17, 15) is 13.9 Å². The van der Waals surface area contributed by atoms with Gasteiger partial charge in [-0.05, 0) is 37.1 Å². The summed E-state index contributed by atoms with van der Waals surface area (Å²) in [5, 5.41) is 10.2. The van der Waals surface area contributed by atoms with Gasteiger partial charge in [-0.1, -0.05) is 0 Å². The van der Waals surface area contributed by atoms with Crippen molar-refractivity contribution in [2.24, 2.45) is 5.92 Å². The van der Waals surface area contributed by atoms with E-state index in [0.29, 0.717) is 12.5 Å². The summed E-state index contributed by atoms with van der Waals surface area (Å²) in [4.78, 5) is 4.56. The quantitative estimate of drug-likeness (QED) is 0.893. The molecular weight excluding hydrogens is 302 g/mol. The zero-order chi connectivity index (χ0) is 16.2. The number of aliphatic hydroxyl groups is 1. The number of aliphatic hydroxyl groups excluding tert-OH is 1. The van der Waals surface area contributed by atoms with Crippen LogP contribution in [0.1, 0.15) is 18.1 Å². The highest BCUT2D eigenvalue weighted by atomic mass is 19.1. The average molecular weight is 326 g/mol. The molecule has 128 valence electrons. The zero-order valence-electron chi connectivity index (χ0n) is 13.3. The topological polar surface area (TPSA) is 35.9 Å². The number of rotatable bonds is 5. The van der Waals surface area contributed by atoms with Crippen molar-refractivity contribution in [2.45, 2.75) is 12.5 Å². The van der Waals surface area contributed by atoms with Crippen LogP contribution in [0, 0.1) is 17.6 Å². The van der Waals surface area contributed by atoms with Gasteiger partial charge in [-0.15, -0.1) is 0 Å². The Bertz CT molecular complexity index is 523. The summed E-state index contributed by atoms with van der Waals surface area (Å²) in [6.45, 7) is 6.74. The van der Waals surface area contributed by atoms with Crippen molar-refractivity contribution in [3.05, 3.63) is 35.4 Å². The standard InChI is InChI=1S/C17H24F2N2O2/c18-14-1-2-16(19)15(9-14)17(22)12-21-4-3-13(11-21)10-20-5-7-23-8-6-20/h1-2,9,13,17,22H,3-8,10-12H2. The molecule has 0 aliphatic carbocycles.